The highest BCUT2D eigenvalue weighted by Crippen LogP contribution is 2.29. The number of nitrogens with one attached hydrogen (secondary N) is 1. The Morgan fingerprint density at radius 3 is 2.79 bits per heavy atom. The molecule has 0 unspecified atom stereocenters. The number of benzene rings is 1. The summed E-state index contributed by atoms with van der Waals surface area (Å²) >= 11 is 3.42. The van der Waals surface area contributed by atoms with E-state index in [1.165, 1.54) is 0 Å². The Bertz CT molecular complexity index is 855. The van der Waals surface area contributed by atoms with Gasteiger partial charge in [-0.05, 0) is 52.7 Å². The van der Waals surface area contributed by atoms with Crippen molar-refractivity contribution < 1.29 is 9.47 Å². The largest absolute Gasteiger partial charge is 0.493 e. The minimum atomic E-state index is 0.609. The lowest BCUT2D eigenvalue weighted by molar-refractivity contribution is 0.310. The summed E-state index contributed by atoms with van der Waals surface area (Å²) in [4.78, 5) is 8.80. The van der Waals surface area contributed by atoms with Crippen molar-refractivity contribution in [2.45, 2.75) is 13.5 Å². The van der Waals surface area contributed by atoms with Gasteiger partial charge in [0.2, 0.25) is 0 Å². The molecule has 1 aromatic carbocycles. The van der Waals surface area contributed by atoms with Gasteiger partial charge in [-0.15, -0.1) is 0 Å². The fourth-order valence-corrected chi connectivity index (χ4v) is 2.76. The average molecular weight is 388 g/mol. The number of anilines is 1. The molecule has 2 heterocycles. The second-order valence-electron chi connectivity index (χ2n) is 5.15. The van der Waals surface area contributed by atoms with Crippen LogP contribution in [-0.4, -0.2) is 23.7 Å². The van der Waals surface area contributed by atoms with Crippen molar-refractivity contribution in [1.82, 2.24) is 9.97 Å². The van der Waals surface area contributed by atoms with E-state index < -0.39 is 0 Å². The van der Waals surface area contributed by atoms with Gasteiger partial charge in [0.25, 0.3) is 0 Å². The first kappa shape index (κ1) is 16.5. The summed E-state index contributed by atoms with van der Waals surface area (Å²) in [5.74, 6) is 1.49. The standard InChI is InChI=1S/C18H18BrN3O2/c1-3-24-16-5-4-12(8-17(16)23-2)10-21-14-6-7-20-15-9-13(19)11-22-18(14)15/h4-9,11H,3,10H2,1-2H3,(H,20,21). The maximum atomic E-state index is 5.55. The monoisotopic (exact) mass is 387 g/mol. The average Bonchev–Trinajstić information content (AvgIpc) is 2.60. The Balaban J connectivity index is 1.81. The first-order valence-corrected chi connectivity index (χ1v) is 8.44. The van der Waals surface area contributed by atoms with Crippen molar-refractivity contribution in [3.8, 4) is 11.5 Å². The number of hydrogen-bond acceptors (Lipinski definition) is 5. The molecular formula is C18H18BrN3O2. The van der Waals surface area contributed by atoms with E-state index in [0.29, 0.717) is 13.2 Å². The molecule has 0 fully saturated rings. The minimum absolute atomic E-state index is 0.609. The highest BCUT2D eigenvalue weighted by molar-refractivity contribution is 9.10. The maximum Gasteiger partial charge on any atom is 0.161 e. The number of pyridine rings is 2. The van der Waals surface area contributed by atoms with Crippen LogP contribution >= 0.6 is 15.9 Å². The molecule has 3 aromatic rings. The fraction of sp³-hybridized carbons (Fsp3) is 0.222. The van der Waals surface area contributed by atoms with Gasteiger partial charge < -0.3 is 14.8 Å². The van der Waals surface area contributed by atoms with E-state index in [4.69, 9.17) is 9.47 Å². The Morgan fingerprint density at radius 1 is 1.12 bits per heavy atom. The van der Waals surface area contributed by atoms with Crippen LogP contribution in [0.1, 0.15) is 12.5 Å². The molecule has 124 valence electrons. The van der Waals surface area contributed by atoms with Gasteiger partial charge in [-0.2, -0.15) is 0 Å². The van der Waals surface area contributed by atoms with Gasteiger partial charge in [0, 0.05) is 23.4 Å². The van der Waals surface area contributed by atoms with Crippen LogP contribution in [0.25, 0.3) is 11.0 Å². The third-order valence-corrected chi connectivity index (χ3v) is 3.99. The Morgan fingerprint density at radius 2 is 2.00 bits per heavy atom. The Labute approximate surface area is 149 Å². The molecule has 5 nitrogen and oxygen atoms in total. The van der Waals surface area contributed by atoms with Gasteiger partial charge in [-0.3, -0.25) is 9.97 Å². The van der Waals surface area contributed by atoms with Crippen molar-refractivity contribution in [3.05, 3.63) is 52.8 Å². The number of rotatable bonds is 6. The lowest BCUT2D eigenvalue weighted by Crippen LogP contribution is -2.02. The molecule has 2 aromatic heterocycles. The molecule has 0 aliphatic rings. The van der Waals surface area contributed by atoms with Crippen LogP contribution in [-0.2, 0) is 6.54 Å². The molecule has 0 radical (unpaired) electrons. The van der Waals surface area contributed by atoms with Crippen molar-refractivity contribution in [2.24, 2.45) is 0 Å². The number of halogens is 1. The molecule has 0 spiro atoms. The molecule has 6 heteroatoms. The van der Waals surface area contributed by atoms with E-state index in [1.807, 2.05) is 37.3 Å². The van der Waals surface area contributed by atoms with Gasteiger partial charge in [0.05, 0.1) is 24.9 Å². The summed E-state index contributed by atoms with van der Waals surface area (Å²) in [6.07, 6.45) is 3.55. The van der Waals surface area contributed by atoms with E-state index in [9.17, 15) is 0 Å². The topological polar surface area (TPSA) is 56.3 Å². The number of hydrogen-bond donors (Lipinski definition) is 1. The number of aromatic nitrogens is 2. The maximum absolute atomic E-state index is 5.55. The van der Waals surface area contributed by atoms with Gasteiger partial charge in [0.15, 0.2) is 11.5 Å². The molecule has 0 bridgehead atoms. The van der Waals surface area contributed by atoms with Crippen LogP contribution in [0.5, 0.6) is 11.5 Å². The highest BCUT2D eigenvalue weighted by Gasteiger charge is 2.07. The van der Waals surface area contributed by atoms with Crippen LogP contribution in [0.15, 0.2) is 47.2 Å². The summed E-state index contributed by atoms with van der Waals surface area (Å²) < 4.78 is 11.9. The summed E-state index contributed by atoms with van der Waals surface area (Å²) in [5.41, 5.74) is 3.73. The number of methoxy groups -OCH3 is 1. The zero-order valence-electron chi connectivity index (χ0n) is 13.5. The summed E-state index contributed by atoms with van der Waals surface area (Å²) in [7, 11) is 1.65. The lowest BCUT2D eigenvalue weighted by Gasteiger charge is -2.12. The normalized spacial score (nSPS) is 10.6. The zero-order chi connectivity index (χ0) is 16.9. The van der Waals surface area contributed by atoms with E-state index in [2.05, 4.69) is 31.2 Å². The van der Waals surface area contributed by atoms with Gasteiger partial charge >= 0.3 is 0 Å². The molecule has 0 aliphatic heterocycles. The number of nitrogens with zero attached hydrogens (tertiary/aromatic N) is 2. The third-order valence-electron chi connectivity index (χ3n) is 3.55. The van der Waals surface area contributed by atoms with Crippen LogP contribution < -0.4 is 14.8 Å². The van der Waals surface area contributed by atoms with Crippen molar-refractivity contribution in [2.75, 3.05) is 19.0 Å². The molecule has 0 saturated heterocycles. The Kier molecular flexibility index (Phi) is 5.15. The van der Waals surface area contributed by atoms with E-state index in [-0.39, 0.29) is 0 Å². The van der Waals surface area contributed by atoms with Crippen molar-refractivity contribution >= 4 is 32.7 Å². The van der Waals surface area contributed by atoms with Crippen LogP contribution in [0.3, 0.4) is 0 Å². The summed E-state index contributed by atoms with van der Waals surface area (Å²) in [5, 5.41) is 3.41. The first-order valence-electron chi connectivity index (χ1n) is 7.65. The van der Waals surface area contributed by atoms with Crippen LogP contribution in [0.2, 0.25) is 0 Å². The zero-order valence-corrected chi connectivity index (χ0v) is 15.1. The fourth-order valence-electron chi connectivity index (χ4n) is 2.44. The van der Waals surface area contributed by atoms with Crippen molar-refractivity contribution in [3.63, 3.8) is 0 Å². The number of fused-ring (bicyclic) bond motifs is 1. The van der Waals surface area contributed by atoms with Crippen molar-refractivity contribution in [1.29, 1.82) is 0 Å². The van der Waals surface area contributed by atoms with Crippen LogP contribution in [0, 0.1) is 0 Å². The van der Waals surface area contributed by atoms with E-state index >= 15 is 0 Å². The predicted molar refractivity (Wildman–Crippen MR) is 98.7 cm³/mol. The van der Waals surface area contributed by atoms with Gasteiger partial charge in [0.1, 0.15) is 5.52 Å². The van der Waals surface area contributed by atoms with E-state index in [0.717, 1.165) is 38.3 Å². The second-order valence-corrected chi connectivity index (χ2v) is 6.07. The second kappa shape index (κ2) is 7.49. The molecule has 0 atom stereocenters. The molecule has 3 rings (SSSR count). The van der Waals surface area contributed by atoms with E-state index in [1.54, 1.807) is 19.5 Å². The Hall–Kier alpha value is -2.34. The SMILES string of the molecule is CCOc1ccc(CNc2ccnc3cc(Br)cnc23)cc1OC. The molecule has 24 heavy (non-hydrogen) atoms. The number of ether oxygens (including phenoxy) is 2. The molecule has 0 amide bonds. The lowest BCUT2D eigenvalue weighted by atomic mass is 10.2. The van der Waals surface area contributed by atoms with Gasteiger partial charge in [-0.1, -0.05) is 6.07 Å². The highest BCUT2D eigenvalue weighted by atomic mass is 79.9. The van der Waals surface area contributed by atoms with Crippen LogP contribution in [0.4, 0.5) is 5.69 Å². The van der Waals surface area contributed by atoms with Gasteiger partial charge in [-0.25, -0.2) is 0 Å². The predicted octanol–water partition coefficient (Wildman–Crippen LogP) is 4.41. The first-order chi connectivity index (χ1) is 11.7. The summed E-state index contributed by atoms with van der Waals surface area (Å²) in [6, 6.07) is 9.81. The smallest absolute Gasteiger partial charge is 0.161 e. The molecular weight excluding hydrogens is 370 g/mol. The third kappa shape index (κ3) is 3.59. The molecule has 1 N–H and O–H groups in total. The molecule has 0 aliphatic carbocycles. The summed E-state index contributed by atoms with van der Waals surface area (Å²) in [6.45, 7) is 3.21. The molecule has 0 saturated carbocycles. The quantitative estimate of drug-likeness (QED) is 0.678. The minimum Gasteiger partial charge on any atom is -0.493 e.